The molecule has 5 nitrogen and oxygen atoms in total. The van der Waals surface area contributed by atoms with E-state index < -0.39 is 0 Å². The topological polar surface area (TPSA) is 49.3 Å². The summed E-state index contributed by atoms with van der Waals surface area (Å²) in [5.74, 6) is 0.785. The van der Waals surface area contributed by atoms with Gasteiger partial charge in [0.05, 0.1) is 16.3 Å². The maximum Gasteiger partial charge on any atom is 0.255 e. The lowest BCUT2D eigenvalue weighted by atomic mass is 10.0. The first-order chi connectivity index (χ1) is 14.4. The third kappa shape index (κ3) is 4.35. The predicted molar refractivity (Wildman–Crippen MR) is 124 cm³/mol. The molecule has 1 fully saturated rings. The Balaban J connectivity index is 1.42. The number of rotatable bonds is 3. The van der Waals surface area contributed by atoms with E-state index >= 15 is 0 Å². The van der Waals surface area contributed by atoms with Gasteiger partial charge in [-0.3, -0.25) is 4.79 Å². The smallest absolute Gasteiger partial charge is 0.255 e. The number of piperazine rings is 1. The molecule has 2 aromatic carbocycles. The zero-order valence-electron chi connectivity index (χ0n) is 16.9. The van der Waals surface area contributed by atoms with Crippen LogP contribution in [0, 0.1) is 13.8 Å². The monoisotopic (exact) mass is 484 g/mol. The van der Waals surface area contributed by atoms with Gasteiger partial charge in [0.15, 0.2) is 5.82 Å². The molecule has 0 saturated carbocycles. The zero-order valence-corrected chi connectivity index (χ0v) is 19.2. The molecule has 0 unspecified atom stereocenters. The van der Waals surface area contributed by atoms with Crippen LogP contribution < -0.4 is 4.90 Å². The van der Waals surface area contributed by atoms with Gasteiger partial charge in [0.25, 0.3) is 5.91 Å². The number of anilines is 1. The molecule has 1 saturated heterocycles. The molecule has 154 valence electrons. The van der Waals surface area contributed by atoms with Crippen LogP contribution in [-0.2, 0) is 0 Å². The molecular formula is C23H22BrClN4O. The summed E-state index contributed by atoms with van der Waals surface area (Å²) in [6.07, 6.45) is 0. The number of aryl methyl sites for hydroxylation is 2. The van der Waals surface area contributed by atoms with E-state index in [-0.39, 0.29) is 5.91 Å². The van der Waals surface area contributed by atoms with Gasteiger partial charge in [-0.05, 0) is 61.4 Å². The maximum atomic E-state index is 12.8. The molecular weight excluding hydrogens is 464 g/mol. The Morgan fingerprint density at radius 3 is 2.37 bits per heavy atom. The number of carbonyl (C=O) groups excluding carboxylic acids is 1. The fraction of sp³-hybridized carbons (Fsp3) is 0.261. The molecule has 1 aromatic heterocycles. The molecule has 0 spiro atoms. The molecule has 2 heterocycles. The Hall–Kier alpha value is -2.44. The van der Waals surface area contributed by atoms with E-state index in [2.05, 4.69) is 63.1 Å². The minimum Gasteiger partial charge on any atom is -0.352 e. The van der Waals surface area contributed by atoms with E-state index in [1.54, 1.807) is 12.1 Å². The fourth-order valence-corrected chi connectivity index (χ4v) is 4.08. The molecule has 7 heteroatoms. The fourth-order valence-electron chi connectivity index (χ4n) is 3.52. The van der Waals surface area contributed by atoms with Crippen molar-refractivity contribution in [3.8, 4) is 11.3 Å². The molecule has 1 aliphatic heterocycles. The van der Waals surface area contributed by atoms with Crippen LogP contribution in [0.15, 0.2) is 53.0 Å². The summed E-state index contributed by atoms with van der Waals surface area (Å²) >= 11 is 9.63. The second-order valence-corrected chi connectivity index (χ2v) is 8.80. The third-order valence-corrected chi connectivity index (χ3v) is 6.33. The summed E-state index contributed by atoms with van der Waals surface area (Å²) in [5.41, 5.74) is 4.96. The first kappa shape index (κ1) is 20.8. The Morgan fingerprint density at radius 1 is 0.933 bits per heavy atom. The Kier molecular flexibility index (Phi) is 6.06. The van der Waals surface area contributed by atoms with Gasteiger partial charge >= 0.3 is 0 Å². The van der Waals surface area contributed by atoms with Gasteiger partial charge in [-0.1, -0.05) is 39.7 Å². The molecule has 0 bridgehead atoms. The summed E-state index contributed by atoms with van der Waals surface area (Å²) < 4.78 is 0.841. The van der Waals surface area contributed by atoms with E-state index in [0.717, 1.165) is 21.5 Å². The molecule has 0 N–H and O–H groups in total. The standard InChI is InChI=1S/C23H22BrClN4O/c1-15-3-4-17(13-16(15)2)21-7-8-22(27-26-21)28-9-11-29(12-10-28)23(30)19-14-18(24)5-6-20(19)25/h3-8,13-14H,9-12H2,1-2H3. The number of hydrogen-bond donors (Lipinski definition) is 0. The van der Waals surface area contributed by atoms with Crippen LogP contribution in [0.5, 0.6) is 0 Å². The number of carbonyl (C=O) groups is 1. The van der Waals surface area contributed by atoms with E-state index in [4.69, 9.17) is 11.6 Å². The van der Waals surface area contributed by atoms with Crippen molar-refractivity contribution in [2.45, 2.75) is 13.8 Å². The van der Waals surface area contributed by atoms with Gasteiger partial charge < -0.3 is 9.80 Å². The van der Waals surface area contributed by atoms with Gasteiger partial charge in [0.2, 0.25) is 0 Å². The van der Waals surface area contributed by atoms with Crippen molar-refractivity contribution in [3.05, 3.63) is 74.7 Å². The normalized spacial score (nSPS) is 14.1. The lowest BCUT2D eigenvalue weighted by Gasteiger charge is -2.35. The quantitative estimate of drug-likeness (QED) is 0.515. The van der Waals surface area contributed by atoms with Gasteiger partial charge in [-0.25, -0.2) is 0 Å². The molecule has 3 aromatic rings. The highest BCUT2D eigenvalue weighted by Gasteiger charge is 2.24. The predicted octanol–water partition coefficient (Wildman–Crippen LogP) is 5.14. The van der Waals surface area contributed by atoms with Crippen molar-refractivity contribution in [1.82, 2.24) is 15.1 Å². The lowest BCUT2D eigenvalue weighted by Crippen LogP contribution is -2.49. The summed E-state index contributed by atoms with van der Waals surface area (Å²) in [7, 11) is 0. The van der Waals surface area contributed by atoms with E-state index in [1.165, 1.54) is 11.1 Å². The highest BCUT2D eigenvalue weighted by Crippen LogP contribution is 2.24. The van der Waals surface area contributed by atoms with Crippen molar-refractivity contribution >= 4 is 39.3 Å². The molecule has 4 rings (SSSR count). The van der Waals surface area contributed by atoms with Crippen LogP contribution in [-0.4, -0.2) is 47.2 Å². The van der Waals surface area contributed by atoms with Crippen molar-refractivity contribution in [3.63, 3.8) is 0 Å². The second-order valence-electron chi connectivity index (χ2n) is 7.48. The zero-order chi connectivity index (χ0) is 21.3. The maximum absolute atomic E-state index is 12.8. The number of nitrogens with zero attached hydrogens (tertiary/aromatic N) is 4. The number of amides is 1. The summed E-state index contributed by atoms with van der Waals surface area (Å²) in [6, 6.07) is 15.7. The Morgan fingerprint density at radius 2 is 1.70 bits per heavy atom. The minimum absolute atomic E-state index is 0.0443. The van der Waals surface area contributed by atoms with Gasteiger partial charge in [-0.15, -0.1) is 10.2 Å². The average molecular weight is 486 g/mol. The van der Waals surface area contributed by atoms with Crippen LogP contribution in [0.3, 0.4) is 0 Å². The van der Waals surface area contributed by atoms with Crippen molar-refractivity contribution in [2.24, 2.45) is 0 Å². The Labute approximate surface area is 189 Å². The highest BCUT2D eigenvalue weighted by molar-refractivity contribution is 9.10. The van der Waals surface area contributed by atoms with Crippen molar-refractivity contribution in [2.75, 3.05) is 31.1 Å². The molecule has 1 amide bonds. The first-order valence-corrected chi connectivity index (χ1v) is 11.0. The third-order valence-electron chi connectivity index (χ3n) is 5.50. The van der Waals surface area contributed by atoms with Gasteiger partial charge in [0.1, 0.15) is 0 Å². The SMILES string of the molecule is Cc1ccc(-c2ccc(N3CCN(C(=O)c4cc(Br)ccc4Cl)CC3)nn2)cc1C. The van der Waals surface area contributed by atoms with Crippen LogP contribution in [0.25, 0.3) is 11.3 Å². The number of aromatic nitrogens is 2. The van der Waals surface area contributed by atoms with Crippen LogP contribution in [0.2, 0.25) is 5.02 Å². The lowest BCUT2D eigenvalue weighted by molar-refractivity contribution is 0.0746. The first-order valence-electron chi connectivity index (χ1n) is 9.83. The highest BCUT2D eigenvalue weighted by atomic mass is 79.9. The van der Waals surface area contributed by atoms with Crippen molar-refractivity contribution < 1.29 is 4.79 Å². The van der Waals surface area contributed by atoms with E-state index in [9.17, 15) is 4.79 Å². The summed E-state index contributed by atoms with van der Waals surface area (Å²) in [5, 5.41) is 9.32. The average Bonchev–Trinajstić information content (AvgIpc) is 2.77. The van der Waals surface area contributed by atoms with Crippen LogP contribution >= 0.6 is 27.5 Å². The van der Waals surface area contributed by atoms with E-state index in [0.29, 0.717) is 36.8 Å². The second kappa shape index (κ2) is 8.74. The number of hydrogen-bond acceptors (Lipinski definition) is 4. The largest absolute Gasteiger partial charge is 0.352 e. The minimum atomic E-state index is -0.0443. The molecule has 0 aliphatic carbocycles. The van der Waals surface area contributed by atoms with Gasteiger partial charge in [0, 0.05) is 36.2 Å². The van der Waals surface area contributed by atoms with Crippen LogP contribution in [0.1, 0.15) is 21.5 Å². The number of halogens is 2. The summed E-state index contributed by atoms with van der Waals surface area (Å²) in [4.78, 5) is 16.8. The molecule has 30 heavy (non-hydrogen) atoms. The molecule has 0 radical (unpaired) electrons. The van der Waals surface area contributed by atoms with Crippen molar-refractivity contribution in [1.29, 1.82) is 0 Å². The summed E-state index contributed by atoms with van der Waals surface area (Å²) in [6.45, 7) is 6.83. The van der Waals surface area contributed by atoms with E-state index in [1.807, 2.05) is 23.1 Å². The Bertz CT molecular complexity index is 1080. The number of benzene rings is 2. The molecule has 1 aliphatic rings. The molecule has 0 atom stereocenters. The van der Waals surface area contributed by atoms with Gasteiger partial charge in [-0.2, -0.15) is 0 Å². The van der Waals surface area contributed by atoms with Crippen LogP contribution in [0.4, 0.5) is 5.82 Å².